The molecule has 2 amide bonds. The molecule has 4 heterocycles. The molecule has 0 N–H and O–H groups in total. The molecule has 2 aromatic heterocycles. The first-order valence-corrected chi connectivity index (χ1v) is 10.3. The van der Waals surface area contributed by atoms with Gasteiger partial charge in [0, 0.05) is 50.1 Å². The average molecular weight is 393 g/mol. The highest BCUT2D eigenvalue weighted by molar-refractivity contribution is 5.79. The zero-order valence-corrected chi connectivity index (χ0v) is 16.9. The summed E-state index contributed by atoms with van der Waals surface area (Å²) in [6, 6.07) is 3.80. The summed E-state index contributed by atoms with van der Waals surface area (Å²) < 4.78 is 0. The number of piperidine rings is 2. The predicted molar refractivity (Wildman–Crippen MR) is 108 cm³/mol. The Morgan fingerprint density at radius 3 is 2.83 bits per heavy atom. The second-order valence-corrected chi connectivity index (χ2v) is 8.36. The summed E-state index contributed by atoms with van der Waals surface area (Å²) in [7, 11) is 0. The first-order valence-electron chi connectivity index (χ1n) is 10.3. The van der Waals surface area contributed by atoms with E-state index in [1.165, 1.54) is 0 Å². The van der Waals surface area contributed by atoms with Crippen LogP contribution in [0, 0.1) is 12.3 Å². The molecule has 7 nitrogen and oxygen atoms in total. The maximum atomic E-state index is 12.9. The van der Waals surface area contributed by atoms with Gasteiger partial charge in [0.05, 0.1) is 30.6 Å². The molecule has 152 valence electrons. The molecule has 1 spiro atoms. The Morgan fingerprint density at radius 1 is 1.17 bits per heavy atom. The largest absolute Gasteiger partial charge is 0.342 e. The lowest BCUT2D eigenvalue weighted by molar-refractivity contribution is -0.143. The van der Waals surface area contributed by atoms with Crippen LogP contribution in [0.15, 0.2) is 36.9 Å². The number of aryl methyl sites for hydroxylation is 1. The van der Waals surface area contributed by atoms with E-state index in [1.807, 2.05) is 28.9 Å². The summed E-state index contributed by atoms with van der Waals surface area (Å²) in [5, 5.41) is 0. The highest BCUT2D eigenvalue weighted by atomic mass is 16.2. The van der Waals surface area contributed by atoms with Crippen molar-refractivity contribution in [3.63, 3.8) is 0 Å². The van der Waals surface area contributed by atoms with Crippen LogP contribution in [0.4, 0.5) is 0 Å². The molecular weight excluding hydrogens is 366 g/mol. The number of pyridine rings is 1. The van der Waals surface area contributed by atoms with Crippen molar-refractivity contribution >= 4 is 11.8 Å². The monoisotopic (exact) mass is 393 g/mol. The van der Waals surface area contributed by atoms with Crippen LogP contribution in [0.1, 0.15) is 42.6 Å². The molecule has 1 unspecified atom stereocenters. The van der Waals surface area contributed by atoms with Crippen molar-refractivity contribution in [3.05, 3.63) is 53.9 Å². The smallest absolute Gasteiger partial charge is 0.227 e. The quantitative estimate of drug-likeness (QED) is 0.795. The van der Waals surface area contributed by atoms with E-state index >= 15 is 0 Å². The second-order valence-electron chi connectivity index (χ2n) is 8.36. The van der Waals surface area contributed by atoms with Gasteiger partial charge in [-0.05, 0) is 37.8 Å². The van der Waals surface area contributed by atoms with Crippen LogP contribution in [-0.4, -0.2) is 56.2 Å². The lowest BCUT2D eigenvalue weighted by Gasteiger charge is -2.48. The molecular formula is C22H27N5O2. The van der Waals surface area contributed by atoms with Gasteiger partial charge in [-0.15, -0.1) is 0 Å². The van der Waals surface area contributed by atoms with Crippen molar-refractivity contribution < 1.29 is 9.59 Å². The van der Waals surface area contributed by atoms with Crippen LogP contribution in [0.25, 0.3) is 0 Å². The fourth-order valence-corrected chi connectivity index (χ4v) is 4.49. The third kappa shape index (κ3) is 4.60. The van der Waals surface area contributed by atoms with E-state index in [2.05, 4.69) is 15.0 Å². The number of amides is 2. The lowest BCUT2D eigenvalue weighted by Crippen LogP contribution is -2.55. The van der Waals surface area contributed by atoms with Gasteiger partial charge in [-0.25, -0.2) is 0 Å². The third-order valence-electron chi connectivity index (χ3n) is 6.03. The molecule has 2 aliphatic rings. The van der Waals surface area contributed by atoms with Crippen LogP contribution < -0.4 is 0 Å². The van der Waals surface area contributed by atoms with E-state index in [-0.39, 0.29) is 17.2 Å². The number of carbonyl (C=O) groups excluding carboxylic acids is 2. The van der Waals surface area contributed by atoms with Gasteiger partial charge in [-0.1, -0.05) is 6.07 Å². The maximum absolute atomic E-state index is 12.9. The Bertz CT molecular complexity index is 871. The van der Waals surface area contributed by atoms with E-state index in [9.17, 15) is 9.59 Å². The number of hydrogen-bond donors (Lipinski definition) is 0. The highest BCUT2D eigenvalue weighted by Gasteiger charge is 2.42. The zero-order chi connectivity index (χ0) is 20.3. The summed E-state index contributed by atoms with van der Waals surface area (Å²) in [5.41, 5.74) is 2.59. The Balaban J connectivity index is 1.43. The Hall–Kier alpha value is -2.83. The molecule has 4 rings (SSSR count). The van der Waals surface area contributed by atoms with E-state index in [1.54, 1.807) is 24.8 Å². The molecule has 0 aliphatic carbocycles. The molecule has 2 fully saturated rings. The fourth-order valence-electron chi connectivity index (χ4n) is 4.49. The zero-order valence-electron chi connectivity index (χ0n) is 16.9. The molecule has 29 heavy (non-hydrogen) atoms. The minimum Gasteiger partial charge on any atom is -0.342 e. The summed E-state index contributed by atoms with van der Waals surface area (Å²) in [5.74, 6) is 0.307. The maximum Gasteiger partial charge on any atom is 0.227 e. The number of carbonyl (C=O) groups is 2. The van der Waals surface area contributed by atoms with E-state index in [0.717, 1.165) is 49.3 Å². The standard InChI is InChI=1S/C22H27N5O2/c1-17-11-25-19(13-24-17)14-27-16-22(7-5-20(27)28)6-3-9-26(15-22)21(29)10-18-4-2-8-23-12-18/h2,4,8,11-13H,3,5-7,9-10,14-16H2,1H3. The molecule has 0 bridgehead atoms. The van der Waals surface area contributed by atoms with Crippen LogP contribution in [0.2, 0.25) is 0 Å². The first-order chi connectivity index (χ1) is 14.0. The topological polar surface area (TPSA) is 79.3 Å². The number of aromatic nitrogens is 3. The van der Waals surface area contributed by atoms with Gasteiger partial charge in [0.1, 0.15) is 0 Å². The molecule has 2 aliphatic heterocycles. The Morgan fingerprint density at radius 2 is 2.07 bits per heavy atom. The van der Waals surface area contributed by atoms with Crippen molar-refractivity contribution in [2.45, 2.75) is 45.6 Å². The van der Waals surface area contributed by atoms with Crippen molar-refractivity contribution in [1.29, 1.82) is 0 Å². The summed E-state index contributed by atoms with van der Waals surface area (Å²) in [4.78, 5) is 42.1. The molecule has 1 atom stereocenters. The molecule has 0 aromatic carbocycles. The Kier molecular flexibility index (Phi) is 5.56. The van der Waals surface area contributed by atoms with Crippen molar-refractivity contribution in [1.82, 2.24) is 24.8 Å². The molecule has 7 heteroatoms. The molecule has 0 radical (unpaired) electrons. The van der Waals surface area contributed by atoms with Crippen LogP contribution in [0.3, 0.4) is 0 Å². The number of likely N-dealkylation sites (tertiary alicyclic amines) is 2. The van der Waals surface area contributed by atoms with Gasteiger partial charge in [-0.2, -0.15) is 0 Å². The summed E-state index contributed by atoms with van der Waals surface area (Å²) >= 11 is 0. The molecule has 0 saturated carbocycles. The van der Waals surface area contributed by atoms with Gasteiger partial charge in [-0.3, -0.25) is 24.5 Å². The normalized spacial score (nSPS) is 22.2. The average Bonchev–Trinajstić information content (AvgIpc) is 2.73. The van der Waals surface area contributed by atoms with Gasteiger partial charge < -0.3 is 9.80 Å². The first kappa shape index (κ1) is 19.5. The van der Waals surface area contributed by atoms with E-state index in [0.29, 0.717) is 25.9 Å². The summed E-state index contributed by atoms with van der Waals surface area (Å²) in [6.07, 6.45) is 10.7. The van der Waals surface area contributed by atoms with Gasteiger partial charge in [0.25, 0.3) is 0 Å². The molecule has 2 saturated heterocycles. The van der Waals surface area contributed by atoms with Gasteiger partial charge in [0.2, 0.25) is 11.8 Å². The Labute approximate surface area is 171 Å². The van der Waals surface area contributed by atoms with Crippen molar-refractivity contribution in [2.75, 3.05) is 19.6 Å². The van der Waals surface area contributed by atoms with Crippen LogP contribution in [-0.2, 0) is 22.6 Å². The lowest BCUT2D eigenvalue weighted by atomic mass is 9.73. The number of rotatable bonds is 4. The van der Waals surface area contributed by atoms with Crippen molar-refractivity contribution in [3.8, 4) is 0 Å². The van der Waals surface area contributed by atoms with Crippen LogP contribution in [0.5, 0.6) is 0 Å². The van der Waals surface area contributed by atoms with E-state index < -0.39 is 0 Å². The molecule has 2 aromatic rings. The third-order valence-corrected chi connectivity index (χ3v) is 6.03. The van der Waals surface area contributed by atoms with Crippen molar-refractivity contribution in [2.24, 2.45) is 5.41 Å². The van der Waals surface area contributed by atoms with E-state index in [4.69, 9.17) is 0 Å². The number of nitrogens with zero attached hydrogens (tertiary/aromatic N) is 5. The fraction of sp³-hybridized carbons (Fsp3) is 0.500. The summed E-state index contributed by atoms with van der Waals surface area (Å²) in [6.45, 7) is 4.57. The van der Waals surface area contributed by atoms with Gasteiger partial charge in [0.15, 0.2) is 0 Å². The predicted octanol–water partition coefficient (Wildman–Crippen LogP) is 2.15. The minimum atomic E-state index is -0.0190. The SMILES string of the molecule is Cc1cnc(CN2CC3(CCCN(C(=O)Cc4cccnc4)C3)CCC2=O)cn1. The number of hydrogen-bond acceptors (Lipinski definition) is 5. The van der Waals surface area contributed by atoms with Gasteiger partial charge >= 0.3 is 0 Å². The minimum absolute atomic E-state index is 0.0190. The highest BCUT2D eigenvalue weighted by Crippen LogP contribution is 2.39. The second kappa shape index (κ2) is 8.27. The van der Waals surface area contributed by atoms with Crippen LogP contribution >= 0.6 is 0 Å².